The van der Waals surface area contributed by atoms with Gasteiger partial charge in [0.1, 0.15) is 18.1 Å². The second-order valence-electron chi connectivity index (χ2n) is 6.74. The second-order valence-corrected chi connectivity index (χ2v) is 6.74. The number of pyridine rings is 1. The molecule has 4 rings (SSSR count). The Morgan fingerprint density at radius 2 is 1.87 bits per heavy atom. The molecule has 1 aromatic carbocycles. The highest BCUT2D eigenvalue weighted by Crippen LogP contribution is 2.43. The summed E-state index contributed by atoms with van der Waals surface area (Å²) in [6.45, 7) is 1.82. The molecule has 10 heteroatoms. The Morgan fingerprint density at radius 1 is 1.13 bits per heavy atom. The molecule has 3 heterocycles. The van der Waals surface area contributed by atoms with Gasteiger partial charge in [-0.15, -0.1) is 0 Å². The number of hydrogen-bond donors (Lipinski definition) is 2. The first kappa shape index (κ1) is 20.2. The van der Waals surface area contributed by atoms with Crippen LogP contribution in [0, 0.1) is 0 Å². The van der Waals surface area contributed by atoms with Crippen LogP contribution in [0.5, 0.6) is 17.2 Å². The van der Waals surface area contributed by atoms with Crippen LogP contribution in [0.25, 0.3) is 0 Å². The Bertz CT molecular complexity index is 1140. The van der Waals surface area contributed by atoms with Gasteiger partial charge < -0.3 is 24.8 Å². The molecule has 1 aliphatic rings. The van der Waals surface area contributed by atoms with E-state index in [4.69, 9.17) is 14.2 Å². The summed E-state index contributed by atoms with van der Waals surface area (Å²) in [5, 5.41) is 10.4. The average Bonchev–Trinajstić information content (AvgIpc) is 3.25. The third-order valence-corrected chi connectivity index (χ3v) is 4.99. The molecule has 0 spiro atoms. The number of nitrogens with one attached hydrogen (secondary N) is 2. The number of carbonyl (C=O) groups is 1. The number of nitrogens with zero attached hydrogens (tertiary/aromatic N) is 4. The van der Waals surface area contributed by atoms with Crippen molar-refractivity contribution in [1.82, 2.24) is 19.7 Å². The minimum Gasteiger partial charge on any atom is -0.496 e. The quantitative estimate of drug-likeness (QED) is 0.623. The van der Waals surface area contributed by atoms with E-state index >= 15 is 0 Å². The molecule has 0 aliphatic carbocycles. The van der Waals surface area contributed by atoms with Crippen LogP contribution in [0.3, 0.4) is 0 Å². The van der Waals surface area contributed by atoms with Crippen molar-refractivity contribution in [3.05, 3.63) is 59.8 Å². The molecule has 0 saturated carbocycles. The fourth-order valence-electron chi connectivity index (χ4n) is 3.57. The van der Waals surface area contributed by atoms with Gasteiger partial charge in [-0.1, -0.05) is 0 Å². The summed E-state index contributed by atoms with van der Waals surface area (Å²) in [4.78, 5) is 21.7. The number of benzene rings is 1. The van der Waals surface area contributed by atoms with Crippen molar-refractivity contribution in [3.63, 3.8) is 0 Å². The molecule has 31 heavy (non-hydrogen) atoms. The maximum atomic E-state index is 13.4. The zero-order chi connectivity index (χ0) is 22.0. The van der Waals surface area contributed by atoms with E-state index in [9.17, 15) is 4.79 Å². The monoisotopic (exact) mass is 422 g/mol. The molecule has 2 aromatic heterocycles. The number of amides is 1. The lowest BCUT2D eigenvalue weighted by Gasteiger charge is -2.30. The Balaban J connectivity index is 1.86. The summed E-state index contributed by atoms with van der Waals surface area (Å²) in [7, 11) is 4.66. The molecule has 0 bridgehead atoms. The zero-order valence-electron chi connectivity index (χ0n) is 17.5. The third-order valence-electron chi connectivity index (χ3n) is 4.99. The molecule has 160 valence electrons. The van der Waals surface area contributed by atoms with Crippen molar-refractivity contribution in [2.24, 2.45) is 0 Å². The van der Waals surface area contributed by atoms with E-state index in [1.165, 1.54) is 6.33 Å². The van der Waals surface area contributed by atoms with E-state index in [1.807, 2.05) is 6.92 Å². The molecule has 2 N–H and O–H groups in total. The smallest absolute Gasteiger partial charge is 0.255 e. The molecule has 3 aromatic rings. The van der Waals surface area contributed by atoms with Crippen LogP contribution in [0.1, 0.15) is 18.5 Å². The molecule has 0 fully saturated rings. The fraction of sp³-hybridized carbons (Fsp3) is 0.238. The molecule has 0 saturated heterocycles. The number of rotatable bonds is 6. The number of anilines is 2. The summed E-state index contributed by atoms with van der Waals surface area (Å²) in [5.74, 6) is 1.74. The first-order valence-corrected chi connectivity index (χ1v) is 9.46. The fourth-order valence-corrected chi connectivity index (χ4v) is 3.57. The van der Waals surface area contributed by atoms with Crippen LogP contribution < -0.4 is 24.8 Å². The number of allylic oxidation sites excluding steroid dienone is 1. The molecule has 1 amide bonds. The first-order valence-electron chi connectivity index (χ1n) is 9.46. The first-order chi connectivity index (χ1) is 15.1. The van der Waals surface area contributed by atoms with Crippen LogP contribution in [-0.4, -0.2) is 47.0 Å². The molecular weight excluding hydrogens is 400 g/mol. The van der Waals surface area contributed by atoms with Gasteiger partial charge >= 0.3 is 0 Å². The lowest BCUT2D eigenvalue weighted by molar-refractivity contribution is -0.113. The van der Waals surface area contributed by atoms with Crippen molar-refractivity contribution >= 4 is 17.5 Å². The van der Waals surface area contributed by atoms with Crippen molar-refractivity contribution in [3.8, 4) is 17.2 Å². The Labute approximate surface area is 178 Å². The van der Waals surface area contributed by atoms with Crippen LogP contribution in [0.4, 0.5) is 11.6 Å². The van der Waals surface area contributed by atoms with Gasteiger partial charge in [0, 0.05) is 23.5 Å². The predicted molar refractivity (Wildman–Crippen MR) is 113 cm³/mol. The molecule has 1 atom stereocenters. The van der Waals surface area contributed by atoms with Crippen LogP contribution in [0.2, 0.25) is 0 Å². The van der Waals surface area contributed by atoms with E-state index in [0.717, 1.165) is 0 Å². The van der Waals surface area contributed by atoms with E-state index in [0.29, 0.717) is 45.7 Å². The maximum Gasteiger partial charge on any atom is 0.255 e. The van der Waals surface area contributed by atoms with E-state index in [1.54, 1.807) is 62.7 Å². The summed E-state index contributed by atoms with van der Waals surface area (Å²) in [6.07, 6.45) is 4.65. The third kappa shape index (κ3) is 3.63. The minimum atomic E-state index is -0.620. The normalized spacial score (nSPS) is 15.0. The highest BCUT2D eigenvalue weighted by molar-refractivity contribution is 6.06. The van der Waals surface area contributed by atoms with Gasteiger partial charge in [-0.2, -0.15) is 10.1 Å². The minimum absolute atomic E-state index is 0.305. The summed E-state index contributed by atoms with van der Waals surface area (Å²) in [5.41, 5.74) is 2.34. The topological polar surface area (TPSA) is 112 Å². The molecule has 0 radical (unpaired) electrons. The summed E-state index contributed by atoms with van der Waals surface area (Å²) in [6, 6.07) is 6.40. The average molecular weight is 422 g/mol. The SMILES string of the molecule is COc1cc(OC)c([C@H]2C(C(=O)Nc3cccnc3)=C(C)Nc3ncnn32)cc1OC. The maximum absolute atomic E-state index is 13.4. The van der Waals surface area contributed by atoms with Crippen LogP contribution >= 0.6 is 0 Å². The van der Waals surface area contributed by atoms with Crippen molar-refractivity contribution < 1.29 is 19.0 Å². The predicted octanol–water partition coefficient (Wildman–Crippen LogP) is 2.63. The number of fused-ring (bicyclic) bond motifs is 1. The van der Waals surface area contributed by atoms with E-state index in [2.05, 4.69) is 25.7 Å². The van der Waals surface area contributed by atoms with Gasteiger partial charge in [0.05, 0.1) is 38.8 Å². The van der Waals surface area contributed by atoms with Gasteiger partial charge in [0.15, 0.2) is 11.5 Å². The Kier molecular flexibility index (Phi) is 5.44. The number of carbonyl (C=O) groups excluding carboxylic acids is 1. The van der Waals surface area contributed by atoms with Gasteiger partial charge in [0.2, 0.25) is 5.95 Å². The highest BCUT2D eigenvalue weighted by atomic mass is 16.5. The molecule has 1 aliphatic heterocycles. The van der Waals surface area contributed by atoms with Crippen molar-refractivity contribution in [2.45, 2.75) is 13.0 Å². The van der Waals surface area contributed by atoms with Crippen LogP contribution in [0.15, 0.2) is 54.3 Å². The Hall–Kier alpha value is -4.08. The largest absolute Gasteiger partial charge is 0.496 e. The summed E-state index contributed by atoms with van der Waals surface area (Å²) < 4.78 is 18.2. The highest BCUT2D eigenvalue weighted by Gasteiger charge is 2.36. The second kappa shape index (κ2) is 8.34. The molecular formula is C21H22N6O4. The number of ether oxygens (including phenoxy) is 3. The van der Waals surface area contributed by atoms with E-state index in [-0.39, 0.29) is 5.91 Å². The molecule has 0 unspecified atom stereocenters. The standard InChI is InChI=1S/C21H22N6O4/c1-12-18(20(28)26-13-6-5-7-22-10-13)19(27-21(25-12)23-11-24-27)14-8-16(30-3)17(31-4)9-15(14)29-2/h5-11,19H,1-4H3,(H,26,28)(H,23,24,25)/t19-/m0/s1. The number of aromatic nitrogens is 4. The van der Waals surface area contributed by atoms with Crippen LogP contribution in [-0.2, 0) is 4.79 Å². The van der Waals surface area contributed by atoms with Gasteiger partial charge in [-0.25, -0.2) is 4.68 Å². The van der Waals surface area contributed by atoms with E-state index < -0.39 is 6.04 Å². The molecule has 10 nitrogen and oxygen atoms in total. The lowest BCUT2D eigenvalue weighted by Crippen LogP contribution is -2.31. The van der Waals surface area contributed by atoms with Gasteiger partial charge in [-0.3, -0.25) is 9.78 Å². The van der Waals surface area contributed by atoms with Gasteiger partial charge in [-0.05, 0) is 25.1 Å². The Morgan fingerprint density at radius 3 is 2.55 bits per heavy atom. The van der Waals surface area contributed by atoms with Crippen molar-refractivity contribution in [1.29, 1.82) is 0 Å². The number of hydrogen-bond acceptors (Lipinski definition) is 8. The number of methoxy groups -OCH3 is 3. The lowest BCUT2D eigenvalue weighted by atomic mass is 9.93. The van der Waals surface area contributed by atoms with Crippen molar-refractivity contribution in [2.75, 3.05) is 32.0 Å². The summed E-state index contributed by atoms with van der Waals surface area (Å²) >= 11 is 0. The zero-order valence-corrected chi connectivity index (χ0v) is 17.5. The van der Waals surface area contributed by atoms with Gasteiger partial charge in [0.25, 0.3) is 5.91 Å².